The van der Waals surface area contributed by atoms with E-state index in [0.29, 0.717) is 5.78 Å². The van der Waals surface area contributed by atoms with E-state index in [9.17, 15) is 4.79 Å². The van der Waals surface area contributed by atoms with Crippen LogP contribution in [0.5, 0.6) is 0 Å². The molecular weight excluding hydrogens is 184 g/mol. The summed E-state index contributed by atoms with van der Waals surface area (Å²) >= 11 is 0. The number of carbonyl (C=O) groups is 1. The summed E-state index contributed by atoms with van der Waals surface area (Å²) in [5, 5.41) is 0. The van der Waals surface area contributed by atoms with Crippen molar-refractivity contribution in [2.24, 2.45) is 17.8 Å². The van der Waals surface area contributed by atoms with Crippen LogP contribution in [0.4, 0.5) is 0 Å². The average molecular weight is 204 g/mol. The number of rotatable bonds is 2. The van der Waals surface area contributed by atoms with Gasteiger partial charge in [-0.25, -0.2) is 0 Å². The molecule has 0 saturated heterocycles. The highest BCUT2D eigenvalue weighted by molar-refractivity contribution is 5.81. The lowest BCUT2D eigenvalue weighted by Gasteiger charge is -2.24. The van der Waals surface area contributed by atoms with Gasteiger partial charge in [0.15, 0.2) is 0 Å². The van der Waals surface area contributed by atoms with E-state index in [0.717, 1.165) is 37.0 Å². The summed E-state index contributed by atoms with van der Waals surface area (Å²) in [6.07, 6.45) is 12.1. The molecule has 0 spiro atoms. The molecule has 0 aromatic rings. The van der Waals surface area contributed by atoms with Crippen molar-refractivity contribution in [2.45, 2.75) is 51.4 Å². The van der Waals surface area contributed by atoms with Crippen molar-refractivity contribution in [3.05, 3.63) is 11.6 Å². The van der Waals surface area contributed by atoms with Gasteiger partial charge in [0.05, 0.1) is 0 Å². The molecule has 2 saturated carbocycles. The Morgan fingerprint density at radius 3 is 2.73 bits per heavy atom. The zero-order chi connectivity index (χ0) is 10.3. The summed E-state index contributed by atoms with van der Waals surface area (Å²) in [4.78, 5) is 11.1. The highest BCUT2D eigenvalue weighted by atomic mass is 16.1. The van der Waals surface area contributed by atoms with Crippen LogP contribution >= 0.6 is 0 Å². The molecule has 0 amide bonds. The van der Waals surface area contributed by atoms with E-state index in [1.165, 1.54) is 32.1 Å². The number of hydrogen-bond donors (Lipinski definition) is 0. The van der Waals surface area contributed by atoms with Crippen LogP contribution in [0.15, 0.2) is 11.6 Å². The molecule has 0 aromatic heterocycles. The fraction of sp³-hybridized carbons (Fsp3) is 0.786. The summed E-state index contributed by atoms with van der Waals surface area (Å²) in [5.41, 5.74) is 1.59. The van der Waals surface area contributed by atoms with Gasteiger partial charge in [-0.2, -0.15) is 0 Å². The van der Waals surface area contributed by atoms with Crippen molar-refractivity contribution >= 4 is 5.78 Å². The summed E-state index contributed by atoms with van der Waals surface area (Å²) in [7, 11) is 0. The second-order valence-corrected chi connectivity index (χ2v) is 5.74. The third-order valence-electron chi connectivity index (χ3n) is 4.75. The molecule has 3 aliphatic rings. The summed E-state index contributed by atoms with van der Waals surface area (Å²) in [5.74, 6) is 3.51. The fourth-order valence-corrected chi connectivity index (χ4v) is 3.91. The molecule has 0 radical (unpaired) electrons. The zero-order valence-corrected chi connectivity index (χ0v) is 9.37. The van der Waals surface area contributed by atoms with E-state index in [-0.39, 0.29) is 0 Å². The highest BCUT2D eigenvalue weighted by Gasteiger charge is 2.39. The second-order valence-electron chi connectivity index (χ2n) is 5.74. The van der Waals surface area contributed by atoms with Crippen molar-refractivity contribution in [2.75, 3.05) is 0 Å². The molecule has 0 N–H and O–H groups in total. The molecular formula is C14H20O. The minimum Gasteiger partial charge on any atom is -0.299 e. The molecule has 0 aliphatic heterocycles. The molecule has 3 aliphatic carbocycles. The normalized spacial score (nSPS) is 39.6. The summed E-state index contributed by atoms with van der Waals surface area (Å²) in [6.45, 7) is 0. The summed E-state index contributed by atoms with van der Waals surface area (Å²) < 4.78 is 0. The van der Waals surface area contributed by atoms with Gasteiger partial charge in [0, 0.05) is 12.8 Å². The standard InChI is InChI=1S/C14H20O/c15-14-5-2-10(3-6-14)7-13-9-11-1-4-12(13)8-11/h2,11-13H,1,3-9H2. The molecule has 3 rings (SSSR count). The van der Waals surface area contributed by atoms with Gasteiger partial charge >= 0.3 is 0 Å². The number of allylic oxidation sites excluding steroid dienone is 2. The Hall–Kier alpha value is -0.590. The van der Waals surface area contributed by atoms with Crippen LogP contribution in [-0.4, -0.2) is 5.78 Å². The Bertz CT molecular complexity index is 302. The highest BCUT2D eigenvalue weighted by Crippen LogP contribution is 2.50. The van der Waals surface area contributed by atoms with Crippen LogP contribution in [0, 0.1) is 17.8 Å². The summed E-state index contributed by atoms with van der Waals surface area (Å²) in [6, 6.07) is 0. The molecule has 1 heteroatoms. The SMILES string of the molecule is O=C1CC=C(CC2CC3CCC2C3)CC1. The van der Waals surface area contributed by atoms with Gasteiger partial charge < -0.3 is 0 Å². The third-order valence-corrected chi connectivity index (χ3v) is 4.75. The lowest BCUT2D eigenvalue weighted by atomic mass is 9.82. The van der Waals surface area contributed by atoms with Gasteiger partial charge in [-0.15, -0.1) is 0 Å². The quantitative estimate of drug-likeness (QED) is 0.629. The number of Topliss-reactive ketones (excluding diaryl/α,β-unsaturated/α-hetero) is 1. The van der Waals surface area contributed by atoms with Crippen molar-refractivity contribution in [3.8, 4) is 0 Å². The second kappa shape index (κ2) is 3.77. The minimum absolute atomic E-state index is 0.437. The van der Waals surface area contributed by atoms with Crippen LogP contribution in [0.25, 0.3) is 0 Å². The van der Waals surface area contributed by atoms with Gasteiger partial charge in [0.25, 0.3) is 0 Å². The average Bonchev–Trinajstić information content (AvgIpc) is 2.83. The van der Waals surface area contributed by atoms with Crippen LogP contribution < -0.4 is 0 Å². The first-order chi connectivity index (χ1) is 7.31. The van der Waals surface area contributed by atoms with Crippen LogP contribution in [0.2, 0.25) is 0 Å². The van der Waals surface area contributed by atoms with E-state index in [1.807, 2.05) is 0 Å². The van der Waals surface area contributed by atoms with Gasteiger partial charge in [0.2, 0.25) is 0 Å². The minimum atomic E-state index is 0.437. The van der Waals surface area contributed by atoms with Gasteiger partial charge in [-0.05, 0) is 49.9 Å². The Morgan fingerprint density at radius 2 is 2.13 bits per heavy atom. The Balaban J connectivity index is 1.59. The van der Waals surface area contributed by atoms with Crippen LogP contribution in [0.3, 0.4) is 0 Å². The van der Waals surface area contributed by atoms with E-state index in [2.05, 4.69) is 6.08 Å². The fourth-order valence-electron chi connectivity index (χ4n) is 3.91. The number of carbonyl (C=O) groups excluding carboxylic acids is 1. The van der Waals surface area contributed by atoms with Crippen molar-refractivity contribution in [3.63, 3.8) is 0 Å². The molecule has 0 aromatic carbocycles. The first-order valence-electron chi connectivity index (χ1n) is 6.51. The molecule has 2 bridgehead atoms. The Kier molecular flexibility index (Phi) is 2.42. The molecule has 1 nitrogen and oxygen atoms in total. The maximum Gasteiger partial charge on any atom is 0.136 e. The van der Waals surface area contributed by atoms with Crippen LogP contribution in [-0.2, 0) is 4.79 Å². The van der Waals surface area contributed by atoms with Gasteiger partial charge in [-0.1, -0.05) is 18.1 Å². The molecule has 0 heterocycles. The molecule has 15 heavy (non-hydrogen) atoms. The number of hydrogen-bond acceptors (Lipinski definition) is 1. The Labute approximate surface area is 91.9 Å². The lowest BCUT2D eigenvalue weighted by molar-refractivity contribution is -0.118. The predicted octanol–water partition coefficient (Wildman–Crippen LogP) is 3.49. The largest absolute Gasteiger partial charge is 0.299 e. The predicted molar refractivity (Wildman–Crippen MR) is 60.5 cm³/mol. The monoisotopic (exact) mass is 204 g/mol. The van der Waals surface area contributed by atoms with E-state index in [1.54, 1.807) is 5.57 Å². The van der Waals surface area contributed by atoms with Gasteiger partial charge in [0.1, 0.15) is 5.78 Å². The molecule has 2 fully saturated rings. The Morgan fingerprint density at radius 1 is 1.20 bits per heavy atom. The molecule has 3 unspecified atom stereocenters. The third kappa shape index (κ3) is 1.89. The van der Waals surface area contributed by atoms with E-state index >= 15 is 0 Å². The number of ketones is 1. The number of fused-ring (bicyclic) bond motifs is 2. The van der Waals surface area contributed by atoms with Crippen molar-refractivity contribution in [1.29, 1.82) is 0 Å². The van der Waals surface area contributed by atoms with E-state index in [4.69, 9.17) is 0 Å². The maximum atomic E-state index is 11.1. The van der Waals surface area contributed by atoms with E-state index < -0.39 is 0 Å². The van der Waals surface area contributed by atoms with Crippen molar-refractivity contribution in [1.82, 2.24) is 0 Å². The topological polar surface area (TPSA) is 17.1 Å². The first kappa shape index (κ1) is 9.62. The maximum absolute atomic E-state index is 11.1. The van der Waals surface area contributed by atoms with Crippen molar-refractivity contribution < 1.29 is 4.79 Å². The zero-order valence-electron chi connectivity index (χ0n) is 9.37. The smallest absolute Gasteiger partial charge is 0.136 e. The molecule has 82 valence electrons. The van der Waals surface area contributed by atoms with Crippen LogP contribution in [0.1, 0.15) is 51.4 Å². The first-order valence-corrected chi connectivity index (χ1v) is 6.51. The lowest BCUT2D eigenvalue weighted by Crippen LogP contribution is -2.13. The molecule has 3 atom stereocenters. The van der Waals surface area contributed by atoms with Gasteiger partial charge in [-0.3, -0.25) is 4.79 Å².